The van der Waals surface area contributed by atoms with Gasteiger partial charge in [-0.2, -0.15) is 0 Å². The van der Waals surface area contributed by atoms with E-state index < -0.39 is 29.3 Å². The molecule has 0 aliphatic carbocycles. The molecule has 0 spiro atoms. The number of halogens is 1. The van der Waals surface area contributed by atoms with E-state index in [0.29, 0.717) is 22.0 Å². The number of anilines is 2. The number of carbonyl (C=O) groups is 3. The normalized spacial score (nSPS) is 15.6. The maximum atomic E-state index is 12.4. The first-order chi connectivity index (χ1) is 14.7. The molecule has 1 saturated heterocycles. The van der Waals surface area contributed by atoms with Gasteiger partial charge in [-0.15, -0.1) is 0 Å². The molecule has 1 atom stereocenters. The third-order valence-corrected chi connectivity index (χ3v) is 5.37. The minimum atomic E-state index is -0.769. The van der Waals surface area contributed by atoms with Gasteiger partial charge in [0, 0.05) is 35.3 Å². The fourth-order valence-electron chi connectivity index (χ4n) is 3.20. The Balaban J connectivity index is 1.57. The van der Waals surface area contributed by atoms with Crippen LogP contribution >= 0.6 is 11.6 Å². The summed E-state index contributed by atoms with van der Waals surface area (Å²) in [6.07, 6.45) is -0.101. The van der Waals surface area contributed by atoms with Crippen LogP contribution in [0.25, 0.3) is 0 Å². The van der Waals surface area contributed by atoms with Crippen molar-refractivity contribution in [1.82, 2.24) is 0 Å². The standard InChI is InChI=1S/C21H20ClN3O6/c1-12-3-5-15(8-17(12)22)23-19(26)11-31-21(28)14-7-20(27)24(10-14)16-6-4-13(2)18(9-16)25(29)30/h3-6,8-9,14H,7,10-11H2,1-2H3,(H,23,26)/t14-/m1/s1. The van der Waals surface area contributed by atoms with E-state index in [2.05, 4.69) is 5.32 Å². The van der Waals surface area contributed by atoms with Crippen LogP contribution in [0.5, 0.6) is 0 Å². The van der Waals surface area contributed by atoms with Crippen LogP contribution < -0.4 is 10.2 Å². The number of ether oxygens (including phenoxy) is 1. The van der Waals surface area contributed by atoms with Crippen LogP contribution in [0, 0.1) is 29.9 Å². The van der Waals surface area contributed by atoms with Gasteiger partial charge in [-0.1, -0.05) is 23.7 Å². The SMILES string of the molecule is Cc1ccc(NC(=O)COC(=O)[C@@H]2CC(=O)N(c3ccc(C)c([N+](=O)[O-])c3)C2)cc1Cl. The van der Waals surface area contributed by atoms with Gasteiger partial charge in [0.1, 0.15) is 0 Å². The van der Waals surface area contributed by atoms with E-state index in [0.717, 1.165) is 5.56 Å². The molecule has 1 aliphatic rings. The zero-order valence-electron chi connectivity index (χ0n) is 16.9. The number of benzene rings is 2. The van der Waals surface area contributed by atoms with Crippen molar-refractivity contribution in [3.63, 3.8) is 0 Å². The lowest BCUT2D eigenvalue weighted by Crippen LogP contribution is -2.28. The van der Waals surface area contributed by atoms with Gasteiger partial charge < -0.3 is 15.0 Å². The van der Waals surface area contributed by atoms with E-state index in [9.17, 15) is 24.5 Å². The summed E-state index contributed by atoms with van der Waals surface area (Å²) in [6.45, 7) is 2.94. The number of nitro benzene ring substituents is 1. The average Bonchev–Trinajstić information content (AvgIpc) is 3.11. The highest BCUT2D eigenvalue weighted by Crippen LogP contribution is 2.30. The van der Waals surface area contributed by atoms with Crippen LogP contribution in [0.15, 0.2) is 36.4 Å². The highest BCUT2D eigenvalue weighted by molar-refractivity contribution is 6.31. The molecule has 2 amide bonds. The number of nitrogens with one attached hydrogen (secondary N) is 1. The van der Waals surface area contributed by atoms with Crippen molar-refractivity contribution in [2.45, 2.75) is 20.3 Å². The van der Waals surface area contributed by atoms with Gasteiger partial charge in [-0.3, -0.25) is 24.5 Å². The summed E-state index contributed by atoms with van der Waals surface area (Å²) >= 11 is 6.01. The molecule has 9 nitrogen and oxygen atoms in total. The highest BCUT2D eigenvalue weighted by atomic mass is 35.5. The van der Waals surface area contributed by atoms with Crippen molar-refractivity contribution >= 4 is 46.4 Å². The van der Waals surface area contributed by atoms with Crippen molar-refractivity contribution in [3.05, 3.63) is 62.7 Å². The van der Waals surface area contributed by atoms with Gasteiger partial charge in [-0.05, 0) is 37.6 Å². The zero-order valence-corrected chi connectivity index (χ0v) is 17.6. The lowest BCUT2D eigenvalue weighted by atomic mass is 10.1. The van der Waals surface area contributed by atoms with E-state index in [1.165, 1.54) is 11.0 Å². The number of esters is 1. The quantitative estimate of drug-likeness (QED) is 0.413. The largest absolute Gasteiger partial charge is 0.455 e. The van der Waals surface area contributed by atoms with E-state index >= 15 is 0 Å². The number of carbonyl (C=O) groups excluding carboxylic acids is 3. The molecule has 3 rings (SSSR count). The van der Waals surface area contributed by atoms with Crippen LogP contribution in [-0.2, 0) is 19.1 Å². The van der Waals surface area contributed by atoms with Gasteiger partial charge in [0.05, 0.1) is 16.5 Å². The summed E-state index contributed by atoms with van der Waals surface area (Å²) < 4.78 is 5.06. The molecule has 1 N–H and O–H groups in total. The maximum Gasteiger partial charge on any atom is 0.311 e. The second kappa shape index (κ2) is 9.13. The Kier molecular flexibility index (Phi) is 6.55. The summed E-state index contributed by atoms with van der Waals surface area (Å²) in [7, 11) is 0. The molecule has 31 heavy (non-hydrogen) atoms. The Morgan fingerprint density at radius 2 is 1.94 bits per heavy atom. The van der Waals surface area contributed by atoms with Gasteiger partial charge in [0.2, 0.25) is 5.91 Å². The highest BCUT2D eigenvalue weighted by Gasteiger charge is 2.37. The fraction of sp³-hybridized carbons (Fsp3) is 0.286. The zero-order chi connectivity index (χ0) is 22.7. The number of rotatable bonds is 6. The summed E-state index contributed by atoms with van der Waals surface area (Å²) in [5.41, 5.74) is 2.04. The lowest BCUT2D eigenvalue weighted by molar-refractivity contribution is -0.385. The third-order valence-electron chi connectivity index (χ3n) is 4.96. The summed E-state index contributed by atoms with van der Waals surface area (Å²) in [5, 5.41) is 14.2. The molecular formula is C21H20ClN3O6. The van der Waals surface area contributed by atoms with Crippen LogP contribution in [0.1, 0.15) is 17.5 Å². The Morgan fingerprint density at radius 1 is 1.23 bits per heavy atom. The van der Waals surface area contributed by atoms with Crippen molar-refractivity contribution in [2.24, 2.45) is 5.92 Å². The van der Waals surface area contributed by atoms with Crippen LogP contribution in [0.3, 0.4) is 0 Å². The van der Waals surface area contributed by atoms with Crippen LogP contribution in [0.2, 0.25) is 5.02 Å². The number of amides is 2. The topological polar surface area (TPSA) is 119 Å². The van der Waals surface area contributed by atoms with Crippen molar-refractivity contribution in [1.29, 1.82) is 0 Å². The van der Waals surface area contributed by atoms with Gasteiger partial charge in [0.15, 0.2) is 6.61 Å². The first kappa shape index (κ1) is 22.2. The molecule has 2 aromatic rings. The predicted molar refractivity (Wildman–Crippen MR) is 114 cm³/mol. The predicted octanol–water partition coefficient (Wildman–Crippen LogP) is 3.40. The minimum absolute atomic E-state index is 0.0209. The lowest BCUT2D eigenvalue weighted by Gasteiger charge is -2.16. The van der Waals surface area contributed by atoms with Gasteiger partial charge >= 0.3 is 5.97 Å². The van der Waals surface area contributed by atoms with Gasteiger partial charge in [0.25, 0.3) is 11.6 Å². The Morgan fingerprint density at radius 3 is 2.61 bits per heavy atom. The Hall–Kier alpha value is -3.46. The molecule has 2 aromatic carbocycles. The molecule has 10 heteroatoms. The van der Waals surface area contributed by atoms with Crippen LogP contribution in [-0.4, -0.2) is 35.9 Å². The summed E-state index contributed by atoms with van der Waals surface area (Å²) in [4.78, 5) is 48.7. The number of hydrogen-bond donors (Lipinski definition) is 1. The van der Waals surface area contributed by atoms with E-state index in [1.807, 2.05) is 6.92 Å². The molecule has 0 radical (unpaired) electrons. The van der Waals surface area contributed by atoms with Crippen molar-refractivity contribution < 1.29 is 24.0 Å². The van der Waals surface area contributed by atoms with E-state index in [4.69, 9.17) is 16.3 Å². The number of nitro groups is 1. The first-order valence-corrected chi connectivity index (χ1v) is 9.81. The molecule has 0 aromatic heterocycles. The number of aryl methyl sites for hydroxylation is 2. The number of hydrogen-bond acceptors (Lipinski definition) is 6. The molecule has 162 valence electrons. The van der Waals surface area contributed by atoms with E-state index in [1.54, 1.807) is 37.3 Å². The summed E-state index contributed by atoms with van der Waals surface area (Å²) in [6, 6.07) is 9.46. The smallest absolute Gasteiger partial charge is 0.311 e. The molecule has 1 aliphatic heterocycles. The molecule has 0 unspecified atom stereocenters. The molecule has 0 saturated carbocycles. The minimum Gasteiger partial charge on any atom is -0.455 e. The van der Waals surface area contributed by atoms with Crippen LogP contribution in [0.4, 0.5) is 17.1 Å². The Labute approximate surface area is 183 Å². The number of nitrogens with zero attached hydrogens (tertiary/aromatic N) is 2. The summed E-state index contributed by atoms with van der Waals surface area (Å²) in [5.74, 6) is -2.34. The third kappa shape index (κ3) is 5.18. The van der Waals surface area contributed by atoms with Crippen molar-refractivity contribution in [2.75, 3.05) is 23.4 Å². The average molecular weight is 446 g/mol. The molecule has 1 heterocycles. The van der Waals surface area contributed by atoms with Crippen molar-refractivity contribution in [3.8, 4) is 0 Å². The maximum absolute atomic E-state index is 12.4. The second-order valence-electron chi connectivity index (χ2n) is 7.25. The molecule has 1 fully saturated rings. The molecule has 0 bridgehead atoms. The van der Waals surface area contributed by atoms with Gasteiger partial charge in [-0.25, -0.2) is 0 Å². The second-order valence-corrected chi connectivity index (χ2v) is 7.66. The monoisotopic (exact) mass is 445 g/mol. The van der Waals surface area contributed by atoms with E-state index in [-0.39, 0.29) is 24.6 Å². The first-order valence-electron chi connectivity index (χ1n) is 9.43. The molecular weight excluding hydrogens is 426 g/mol. The fourth-order valence-corrected chi connectivity index (χ4v) is 3.38. The Bertz CT molecular complexity index is 1070.